The van der Waals surface area contributed by atoms with Crippen LogP contribution in [0, 0.1) is 42.9 Å². The SMILES string of the molecule is CC1(O)CCC(CNc2ccc(S(=O)(=O)NC(=O)c3ccc(N4CCC5(CC[C@@H](N6CCC[C@H]6c6ccccc6C6CC6)C5)C4)cc3Oc3cnc4[nH]ccc4c3)cc2[N+](=O)[O-])CC1.CC1(O)CCC(CNc2ccc(S(=O)(=O)NC(=O)c3ccc(N4CCC5(CC[C@H](N6CCC[C@H]6c6ccccc6C6CC6)C5)C4)cc3Oc3cnc4[nH]ccc4c3)cc2[N+](=O)[O-])CC1. The van der Waals surface area contributed by atoms with Gasteiger partial charge in [-0.25, -0.2) is 36.2 Å². The molecule has 8 heterocycles. The summed E-state index contributed by atoms with van der Waals surface area (Å²) in [6.45, 7) is 10.3. The van der Waals surface area contributed by atoms with Gasteiger partial charge in [0.1, 0.15) is 45.7 Å². The minimum Gasteiger partial charge on any atom is -0.455 e. The fourth-order valence-corrected chi connectivity index (χ4v) is 24.3. The van der Waals surface area contributed by atoms with Gasteiger partial charge in [0, 0.05) is 122 Å². The molecule has 6 aliphatic carbocycles. The standard InChI is InChI=1S/2C49H57N7O7S/c2*1-48(58)18-14-32(15-19-48)29-51-42-13-11-38(27-44(42)56(59)60)64(61,62)53-47(57)41-12-10-35(26-45(41)63-37-25-34-17-22-50-46(34)52-30-37)54-24-21-49(31-54)20-16-36(28-49)55-23-4-7-43(55)40-6-3-2-5-39(40)33-8-9-33/h2*2-3,5-6,10-13,17,22,25-27,30,32-33,36,43,51,58H,4,7-9,14-16,18-21,23-24,28-29,31H2,1H3,(H,50,52)(H,53,57)/t32?,36-,43+,48?,49?;32?,36-,43-,48?,49?/m10/s1. The van der Waals surface area contributed by atoms with Crippen LogP contribution in [0.1, 0.15) is 235 Å². The monoisotopic (exact) mass is 1770 g/mol. The van der Waals surface area contributed by atoms with Crippen molar-refractivity contribution in [3.8, 4) is 23.0 Å². The number of aromatic nitrogens is 4. The molecule has 30 heteroatoms. The van der Waals surface area contributed by atoms with Gasteiger partial charge in [-0.3, -0.25) is 39.6 Å². The number of rotatable bonds is 26. The molecule has 10 fully saturated rings. The summed E-state index contributed by atoms with van der Waals surface area (Å²) in [7, 11) is -9.13. The van der Waals surface area contributed by atoms with Crippen molar-refractivity contribution in [3.05, 3.63) is 224 Å². The fourth-order valence-electron chi connectivity index (χ4n) is 22.4. The Hall–Kier alpha value is -11.0. The summed E-state index contributed by atoms with van der Waals surface area (Å²) in [5.41, 5.74) is 7.74. The molecule has 0 bridgehead atoms. The van der Waals surface area contributed by atoms with E-state index in [0.29, 0.717) is 85.7 Å². The van der Waals surface area contributed by atoms with Crippen LogP contribution in [0.4, 0.5) is 34.1 Å². The Balaban J connectivity index is 0.000000167. The number of benzene rings is 6. The van der Waals surface area contributed by atoms with Gasteiger partial charge in [0.25, 0.3) is 43.2 Å². The van der Waals surface area contributed by atoms with E-state index in [1.54, 1.807) is 83.4 Å². The van der Waals surface area contributed by atoms with Crippen LogP contribution in [-0.2, 0) is 20.0 Å². The molecule has 4 aliphatic heterocycles. The Morgan fingerprint density at radius 2 is 0.891 bits per heavy atom. The van der Waals surface area contributed by atoms with Gasteiger partial charge in [-0.05, 0) is 311 Å². The number of hydrogen-bond donors (Lipinski definition) is 8. The topological polar surface area (TPSA) is 366 Å². The number of nitrogens with zero attached hydrogens (tertiary/aromatic N) is 8. The lowest BCUT2D eigenvalue weighted by Gasteiger charge is -2.33. The molecule has 2 spiro atoms. The van der Waals surface area contributed by atoms with E-state index in [4.69, 9.17) is 9.47 Å². The first-order valence-corrected chi connectivity index (χ1v) is 48.9. The largest absolute Gasteiger partial charge is 0.455 e. The van der Waals surface area contributed by atoms with E-state index < -0.39 is 74.1 Å². The van der Waals surface area contributed by atoms with Crippen LogP contribution < -0.4 is 39.4 Å². The maximum absolute atomic E-state index is 14.0. The lowest BCUT2D eigenvalue weighted by atomic mass is 9.80. The third-order valence-corrected chi connectivity index (χ3v) is 32.4. The number of ether oxygens (including phenoxy) is 2. The molecule has 672 valence electrons. The molecule has 0 radical (unpaired) electrons. The van der Waals surface area contributed by atoms with Crippen molar-refractivity contribution in [2.75, 3.05) is 72.8 Å². The van der Waals surface area contributed by atoms with Gasteiger partial charge < -0.3 is 50.1 Å². The van der Waals surface area contributed by atoms with Crippen LogP contribution in [0.25, 0.3) is 22.1 Å². The van der Waals surface area contributed by atoms with E-state index in [1.807, 2.05) is 38.1 Å². The number of nitro groups is 2. The molecule has 8 N–H and O–H groups in total. The van der Waals surface area contributed by atoms with Gasteiger partial charge in [0.15, 0.2) is 0 Å². The third kappa shape index (κ3) is 18.7. The Morgan fingerprint density at radius 3 is 1.29 bits per heavy atom. The lowest BCUT2D eigenvalue weighted by molar-refractivity contribution is -0.384. The number of carbonyl (C=O) groups excluding carboxylic acids is 2. The quantitative estimate of drug-likeness (QED) is 0.0184. The highest BCUT2D eigenvalue weighted by Crippen LogP contribution is 2.56. The molecule has 2 unspecified atom stereocenters. The number of aliphatic hydroxyl groups is 2. The molecule has 10 aliphatic rings. The molecule has 10 aromatic rings. The molecule has 20 rings (SSSR count). The minimum absolute atomic E-state index is 0.0119. The summed E-state index contributed by atoms with van der Waals surface area (Å²) in [5, 5.41) is 52.8. The summed E-state index contributed by atoms with van der Waals surface area (Å²) in [6, 6.07) is 45.3. The number of nitrogens with one attached hydrogen (secondary N) is 6. The lowest BCUT2D eigenvalue weighted by Crippen LogP contribution is -2.35. The van der Waals surface area contributed by atoms with Crippen molar-refractivity contribution < 1.29 is 56.0 Å². The molecule has 4 saturated heterocycles. The first kappa shape index (κ1) is 86.4. The first-order chi connectivity index (χ1) is 61.6. The molecule has 6 atom stereocenters. The number of anilines is 4. The number of likely N-dealkylation sites (tertiary alicyclic amines) is 2. The predicted molar refractivity (Wildman–Crippen MR) is 491 cm³/mol. The normalized spacial score (nSPS) is 26.2. The zero-order valence-electron chi connectivity index (χ0n) is 72.6. The van der Waals surface area contributed by atoms with Crippen molar-refractivity contribution in [2.24, 2.45) is 22.7 Å². The summed E-state index contributed by atoms with van der Waals surface area (Å²) in [4.78, 5) is 75.7. The van der Waals surface area contributed by atoms with Crippen LogP contribution >= 0.6 is 0 Å². The van der Waals surface area contributed by atoms with Gasteiger partial charge in [0.05, 0.1) is 54.4 Å². The van der Waals surface area contributed by atoms with Gasteiger partial charge in [-0.2, -0.15) is 0 Å². The number of pyridine rings is 2. The molecule has 4 aromatic heterocycles. The van der Waals surface area contributed by atoms with E-state index in [9.17, 15) is 56.9 Å². The summed E-state index contributed by atoms with van der Waals surface area (Å²) >= 11 is 0. The highest BCUT2D eigenvalue weighted by Gasteiger charge is 2.51. The summed E-state index contributed by atoms with van der Waals surface area (Å²) in [5.74, 6) is 1.07. The van der Waals surface area contributed by atoms with E-state index >= 15 is 0 Å². The molecule has 128 heavy (non-hydrogen) atoms. The fraction of sp³-hybridized carbons (Fsp3) is 0.469. The van der Waals surface area contributed by atoms with Crippen LogP contribution in [0.15, 0.2) is 180 Å². The zero-order chi connectivity index (χ0) is 88.4. The Labute approximate surface area is 746 Å². The Morgan fingerprint density at radius 1 is 0.484 bits per heavy atom. The van der Waals surface area contributed by atoms with Gasteiger partial charge in [-0.15, -0.1) is 0 Å². The number of sulfonamides is 2. The van der Waals surface area contributed by atoms with Gasteiger partial charge in [-0.1, -0.05) is 48.5 Å². The van der Waals surface area contributed by atoms with E-state index in [-0.39, 0.29) is 56.7 Å². The van der Waals surface area contributed by atoms with Gasteiger partial charge in [0.2, 0.25) is 0 Å². The minimum atomic E-state index is -4.56. The van der Waals surface area contributed by atoms with Crippen molar-refractivity contribution in [3.63, 3.8) is 0 Å². The number of aromatic amines is 2. The van der Waals surface area contributed by atoms with E-state index in [1.165, 1.54) is 88.5 Å². The average molecular weight is 1780 g/mol. The van der Waals surface area contributed by atoms with Crippen molar-refractivity contribution in [2.45, 2.75) is 225 Å². The number of hydrogen-bond acceptors (Lipinski definition) is 22. The number of carbonyl (C=O) groups is 2. The number of amides is 2. The Kier molecular flexibility index (Phi) is 23.7. The summed E-state index contributed by atoms with van der Waals surface area (Å²) < 4.78 is 72.2. The molecular formula is C98H114N14O14S2. The maximum atomic E-state index is 14.0. The highest BCUT2D eigenvalue weighted by atomic mass is 32.2. The second kappa shape index (κ2) is 35.1. The number of nitro benzene ring substituents is 2. The van der Waals surface area contributed by atoms with Crippen LogP contribution in [0.5, 0.6) is 23.0 Å². The number of fused-ring (bicyclic) bond motifs is 2. The molecular weight excluding hydrogens is 1660 g/mol. The third-order valence-electron chi connectivity index (χ3n) is 29.8. The number of H-pyrrole nitrogens is 2. The van der Waals surface area contributed by atoms with Crippen molar-refractivity contribution in [1.29, 1.82) is 0 Å². The first-order valence-electron chi connectivity index (χ1n) is 46.0. The zero-order valence-corrected chi connectivity index (χ0v) is 74.2. The second-order valence-electron chi connectivity index (χ2n) is 38.9. The Bertz CT molecular complexity index is 5750. The molecule has 6 saturated carbocycles. The van der Waals surface area contributed by atoms with Crippen LogP contribution in [0.2, 0.25) is 0 Å². The van der Waals surface area contributed by atoms with Crippen molar-refractivity contribution in [1.82, 2.24) is 39.2 Å². The van der Waals surface area contributed by atoms with Crippen LogP contribution in [0.3, 0.4) is 0 Å². The average Bonchev–Trinajstić information content (AvgIpc) is 1.59. The molecule has 28 nitrogen and oxygen atoms in total. The van der Waals surface area contributed by atoms with Crippen molar-refractivity contribution >= 4 is 88.1 Å². The van der Waals surface area contributed by atoms with E-state index in [2.05, 4.69) is 108 Å². The van der Waals surface area contributed by atoms with Crippen LogP contribution in [-0.4, -0.2) is 154 Å². The maximum Gasteiger partial charge on any atom is 0.293 e. The predicted octanol–water partition coefficient (Wildman–Crippen LogP) is 18.4. The highest BCUT2D eigenvalue weighted by molar-refractivity contribution is 7.90. The van der Waals surface area contributed by atoms with E-state index in [0.717, 1.165) is 150 Å². The summed E-state index contributed by atoms with van der Waals surface area (Å²) in [6.07, 6.45) is 31.5. The molecule has 6 aromatic carbocycles. The van der Waals surface area contributed by atoms with Gasteiger partial charge >= 0.3 is 0 Å². The smallest absolute Gasteiger partial charge is 0.293 e. The molecule has 2 amide bonds. The second-order valence-corrected chi connectivity index (χ2v) is 42.2.